The lowest BCUT2D eigenvalue weighted by Gasteiger charge is -2.01. The summed E-state index contributed by atoms with van der Waals surface area (Å²) >= 11 is 2.63. The number of hydrogen-bond donors (Lipinski definition) is 1. The Kier molecular flexibility index (Phi) is 3.68. The highest BCUT2D eigenvalue weighted by Crippen LogP contribution is 2.37. The van der Waals surface area contributed by atoms with E-state index in [9.17, 15) is 10.1 Å². The summed E-state index contributed by atoms with van der Waals surface area (Å²) in [5, 5.41) is 14.9. The van der Waals surface area contributed by atoms with Gasteiger partial charge in [0.05, 0.1) is 14.7 Å². The number of benzene rings is 1. The zero-order valence-electron chi connectivity index (χ0n) is 11.1. The van der Waals surface area contributed by atoms with E-state index < -0.39 is 0 Å². The van der Waals surface area contributed by atoms with Crippen LogP contribution >= 0.6 is 22.7 Å². The van der Waals surface area contributed by atoms with E-state index in [0.717, 1.165) is 31.9 Å². The summed E-state index contributed by atoms with van der Waals surface area (Å²) in [6.07, 6.45) is 1.73. The van der Waals surface area contributed by atoms with Crippen molar-refractivity contribution in [2.45, 2.75) is 6.92 Å². The molecule has 0 bridgehead atoms. The van der Waals surface area contributed by atoms with Gasteiger partial charge in [-0.25, -0.2) is 4.98 Å². The highest BCUT2D eigenvalue weighted by molar-refractivity contribution is 7.25. The zero-order chi connectivity index (χ0) is 14.8. The maximum Gasteiger partial charge on any atom is 0.324 e. The van der Waals surface area contributed by atoms with Crippen molar-refractivity contribution in [1.29, 1.82) is 0 Å². The van der Waals surface area contributed by atoms with Crippen LogP contribution in [0.1, 0.15) is 5.56 Å². The molecule has 0 aliphatic rings. The van der Waals surface area contributed by atoms with Gasteiger partial charge >= 0.3 is 5.00 Å². The van der Waals surface area contributed by atoms with Crippen molar-refractivity contribution < 1.29 is 4.92 Å². The van der Waals surface area contributed by atoms with Gasteiger partial charge in [-0.3, -0.25) is 10.1 Å². The minimum Gasteiger partial charge on any atom is -0.332 e. The molecule has 0 amide bonds. The minimum absolute atomic E-state index is 0.145. The molecule has 7 heteroatoms. The van der Waals surface area contributed by atoms with Crippen LogP contribution in [0.3, 0.4) is 0 Å². The molecule has 0 fully saturated rings. The number of aryl methyl sites for hydroxylation is 1. The Bertz CT molecular complexity index is 778. The summed E-state index contributed by atoms with van der Waals surface area (Å²) in [6.45, 7) is 2.04. The van der Waals surface area contributed by atoms with Crippen LogP contribution in [0.15, 0.2) is 42.6 Å². The Morgan fingerprint density at radius 2 is 1.86 bits per heavy atom. The van der Waals surface area contributed by atoms with Crippen molar-refractivity contribution in [3.8, 4) is 9.75 Å². The van der Waals surface area contributed by atoms with Gasteiger partial charge < -0.3 is 5.32 Å². The number of nitrogens with zero attached hydrogens (tertiary/aromatic N) is 2. The molecule has 0 radical (unpaired) electrons. The van der Waals surface area contributed by atoms with Crippen molar-refractivity contribution in [2.24, 2.45) is 0 Å². The normalized spacial score (nSPS) is 10.5. The molecule has 0 atom stereocenters. The first-order valence-corrected chi connectivity index (χ1v) is 7.79. The van der Waals surface area contributed by atoms with Gasteiger partial charge in [-0.15, -0.1) is 0 Å². The number of thiophene rings is 1. The molecule has 0 unspecified atom stereocenters. The van der Waals surface area contributed by atoms with Gasteiger partial charge in [0.25, 0.3) is 0 Å². The van der Waals surface area contributed by atoms with E-state index in [-0.39, 0.29) is 9.92 Å². The molecule has 3 aromatic rings. The van der Waals surface area contributed by atoms with E-state index in [1.165, 1.54) is 23.0 Å². The molecule has 106 valence electrons. The fourth-order valence-corrected chi connectivity index (χ4v) is 3.50. The highest BCUT2D eigenvalue weighted by atomic mass is 32.1. The Balaban J connectivity index is 1.79. The summed E-state index contributed by atoms with van der Waals surface area (Å²) in [6, 6.07) is 11.3. The fraction of sp³-hybridized carbons (Fsp3) is 0.0714. The Labute approximate surface area is 129 Å². The molecule has 3 rings (SSSR count). The molecule has 2 heterocycles. The van der Waals surface area contributed by atoms with E-state index in [4.69, 9.17) is 0 Å². The maximum atomic E-state index is 10.7. The number of anilines is 2. The van der Waals surface area contributed by atoms with Gasteiger partial charge in [0.15, 0.2) is 5.13 Å². The minimum atomic E-state index is -0.374. The van der Waals surface area contributed by atoms with Crippen LogP contribution in [0, 0.1) is 17.0 Å². The number of hydrogen-bond acceptors (Lipinski definition) is 6. The van der Waals surface area contributed by atoms with Crippen LogP contribution in [0.25, 0.3) is 9.75 Å². The Morgan fingerprint density at radius 3 is 2.52 bits per heavy atom. The number of thiazole rings is 1. The molecule has 1 aromatic carbocycles. The Morgan fingerprint density at radius 1 is 1.10 bits per heavy atom. The molecule has 1 N–H and O–H groups in total. The van der Waals surface area contributed by atoms with Crippen molar-refractivity contribution in [3.05, 3.63) is 58.3 Å². The van der Waals surface area contributed by atoms with Crippen molar-refractivity contribution in [2.75, 3.05) is 5.32 Å². The van der Waals surface area contributed by atoms with Crippen LogP contribution < -0.4 is 5.32 Å². The first-order valence-electron chi connectivity index (χ1n) is 6.16. The van der Waals surface area contributed by atoms with Crippen molar-refractivity contribution in [1.82, 2.24) is 4.98 Å². The fourth-order valence-electron chi connectivity index (χ4n) is 1.76. The standard InChI is InChI=1S/C14H11N3O2S2/c1-9-2-4-10(5-3-9)16-14-15-8-12(21-14)11-6-7-13(20-11)17(18)19/h2-8H,1H3,(H,15,16). The largest absolute Gasteiger partial charge is 0.332 e. The number of aromatic nitrogens is 1. The molecule has 0 aliphatic heterocycles. The van der Waals surface area contributed by atoms with Gasteiger partial charge in [0.1, 0.15) is 0 Å². The maximum absolute atomic E-state index is 10.7. The van der Waals surface area contributed by atoms with Gasteiger partial charge in [0.2, 0.25) is 0 Å². The van der Waals surface area contributed by atoms with Crippen LogP contribution in [-0.2, 0) is 0 Å². The molecule has 0 saturated carbocycles. The van der Waals surface area contributed by atoms with E-state index >= 15 is 0 Å². The number of nitro groups is 1. The lowest BCUT2D eigenvalue weighted by atomic mass is 10.2. The topological polar surface area (TPSA) is 68.1 Å². The molecule has 0 spiro atoms. The van der Waals surface area contributed by atoms with Gasteiger partial charge in [-0.1, -0.05) is 40.4 Å². The van der Waals surface area contributed by atoms with Crippen LogP contribution in [0.2, 0.25) is 0 Å². The smallest absolute Gasteiger partial charge is 0.324 e. The van der Waals surface area contributed by atoms with Crippen LogP contribution in [0.5, 0.6) is 0 Å². The lowest BCUT2D eigenvalue weighted by Crippen LogP contribution is -1.88. The molecule has 0 saturated heterocycles. The first kappa shape index (κ1) is 13.7. The zero-order valence-corrected chi connectivity index (χ0v) is 12.7. The monoisotopic (exact) mass is 317 g/mol. The Hall–Kier alpha value is -2.25. The molecule has 21 heavy (non-hydrogen) atoms. The van der Waals surface area contributed by atoms with Crippen LogP contribution in [-0.4, -0.2) is 9.91 Å². The quantitative estimate of drug-likeness (QED) is 0.552. The molecule has 5 nitrogen and oxygen atoms in total. The second-order valence-corrected chi connectivity index (χ2v) is 6.51. The van der Waals surface area contributed by atoms with E-state index in [2.05, 4.69) is 10.3 Å². The summed E-state index contributed by atoms with van der Waals surface area (Å²) in [7, 11) is 0. The number of nitrogens with one attached hydrogen (secondary N) is 1. The second kappa shape index (κ2) is 5.63. The van der Waals surface area contributed by atoms with Crippen molar-refractivity contribution in [3.63, 3.8) is 0 Å². The van der Waals surface area contributed by atoms with E-state index in [1.54, 1.807) is 12.3 Å². The highest BCUT2D eigenvalue weighted by Gasteiger charge is 2.13. The molecule has 2 aromatic heterocycles. The van der Waals surface area contributed by atoms with E-state index in [1.807, 2.05) is 31.2 Å². The van der Waals surface area contributed by atoms with E-state index in [0.29, 0.717) is 0 Å². The summed E-state index contributed by atoms with van der Waals surface area (Å²) in [5.41, 5.74) is 2.17. The van der Waals surface area contributed by atoms with Gasteiger partial charge in [-0.2, -0.15) is 0 Å². The lowest BCUT2D eigenvalue weighted by molar-refractivity contribution is -0.380. The van der Waals surface area contributed by atoms with Gasteiger partial charge in [-0.05, 0) is 25.1 Å². The third-order valence-electron chi connectivity index (χ3n) is 2.82. The number of rotatable bonds is 4. The van der Waals surface area contributed by atoms with Gasteiger partial charge in [0, 0.05) is 18.0 Å². The summed E-state index contributed by atoms with van der Waals surface area (Å²) in [5.74, 6) is 0. The summed E-state index contributed by atoms with van der Waals surface area (Å²) < 4.78 is 0. The first-order chi connectivity index (χ1) is 10.1. The average Bonchev–Trinajstić information content (AvgIpc) is 3.10. The molecular formula is C14H11N3O2S2. The predicted octanol–water partition coefficient (Wildman–Crippen LogP) is 4.83. The second-order valence-electron chi connectivity index (χ2n) is 4.42. The third-order valence-corrected chi connectivity index (χ3v) is 4.97. The molecule has 0 aliphatic carbocycles. The predicted molar refractivity (Wildman–Crippen MR) is 86.5 cm³/mol. The summed E-state index contributed by atoms with van der Waals surface area (Å²) in [4.78, 5) is 16.4. The van der Waals surface area contributed by atoms with Crippen molar-refractivity contribution >= 4 is 38.5 Å². The average molecular weight is 317 g/mol. The van der Waals surface area contributed by atoms with Crippen LogP contribution in [0.4, 0.5) is 15.8 Å². The SMILES string of the molecule is Cc1ccc(Nc2ncc(-c3ccc([N+](=O)[O-])s3)s2)cc1. The molecular weight excluding hydrogens is 306 g/mol. The third kappa shape index (κ3) is 3.09.